The largest absolute Gasteiger partial charge is 0.465 e. The van der Waals surface area contributed by atoms with Crippen LogP contribution < -0.4 is 10.6 Å². The van der Waals surface area contributed by atoms with E-state index in [0.29, 0.717) is 22.5 Å². The number of anilines is 2. The fourth-order valence-electron chi connectivity index (χ4n) is 4.19. The molecule has 0 bridgehead atoms. The van der Waals surface area contributed by atoms with Gasteiger partial charge in [0, 0.05) is 17.8 Å². The number of hydrogen-bond acceptors (Lipinski definition) is 5. The Kier molecular flexibility index (Phi) is 5.67. The van der Waals surface area contributed by atoms with E-state index in [0.717, 1.165) is 36.4 Å². The molecule has 0 aromatic heterocycles. The number of benzene rings is 3. The molecule has 1 fully saturated rings. The van der Waals surface area contributed by atoms with E-state index in [2.05, 4.69) is 27.7 Å². The van der Waals surface area contributed by atoms with Gasteiger partial charge in [-0.3, -0.25) is 9.69 Å². The quantitative estimate of drug-likeness (QED) is 0.434. The van der Waals surface area contributed by atoms with Crippen LogP contribution in [0.5, 0.6) is 0 Å². The lowest BCUT2D eigenvalue weighted by Crippen LogP contribution is -2.36. The second-order valence-electron chi connectivity index (χ2n) is 8.27. The van der Waals surface area contributed by atoms with Crippen molar-refractivity contribution >= 4 is 34.5 Å². The molecular formula is C27H25N3O3. The van der Waals surface area contributed by atoms with E-state index in [-0.39, 0.29) is 5.91 Å². The van der Waals surface area contributed by atoms with Gasteiger partial charge in [0.2, 0.25) is 0 Å². The average molecular weight is 440 g/mol. The van der Waals surface area contributed by atoms with Gasteiger partial charge in [-0.25, -0.2) is 4.79 Å². The number of likely N-dealkylation sites (tertiary alicyclic amines) is 1. The fourth-order valence-corrected chi connectivity index (χ4v) is 4.19. The SMILES string of the molecule is COC(=O)c1ccc2c(c1)NC(=O)/C2=C(\Nc1ccc(CN2CCC2)cc1)c1ccccc1. The maximum atomic E-state index is 13.1. The first-order valence-corrected chi connectivity index (χ1v) is 11.0. The van der Waals surface area contributed by atoms with Crippen LogP contribution in [0.1, 0.15) is 33.5 Å². The number of nitrogens with one attached hydrogen (secondary N) is 2. The van der Waals surface area contributed by atoms with Crippen LogP contribution in [-0.4, -0.2) is 37.0 Å². The second-order valence-corrected chi connectivity index (χ2v) is 8.27. The first-order chi connectivity index (χ1) is 16.1. The summed E-state index contributed by atoms with van der Waals surface area (Å²) in [6.45, 7) is 3.29. The topological polar surface area (TPSA) is 70.7 Å². The highest BCUT2D eigenvalue weighted by atomic mass is 16.5. The molecule has 33 heavy (non-hydrogen) atoms. The van der Waals surface area contributed by atoms with Gasteiger partial charge < -0.3 is 15.4 Å². The van der Waals surface area contributed by atoms with Crippen LogP contribution in [0, 0.1) is 0 Å². The van der Waals surface area contributed by atoms with Gasteiger partial charge in [-0.15, -0.1) is 0 Å². The number of hydrogen-bond donors (Lipinski definition) is 2. The summed E-state index contributed by atoms with van der Waals surface area (Å²) in [5.74, 6) is -0.656. The van der Waals surface area contributed by atoms with Crippen molar-refractivity contribution in [1.82, 2.24) is 4.90 Å². The summed E-state index contributed by atoms with van der Waals surface area (Å²) in [4.78, 5) is 27.4. The van der Waals surface area contributed by atoms with Crippen molar-refractivity contribution in [3.05, 3.63) is 95.1 Å². The molecule has 166 valence electrons. The van der Waals surface area contributed by atoms with Crippen LogP contribution in [0.3, 0.4) is 0 Å². The van der Waals surface area contributed by atoms with Gasteiger partial charge in [0.15, 0.2) is 0 Å². The highest BCUT2D eigenvalue weighted by molar-refractivity contribution is 6.37. The molecule has 1 amide bonds. The van der Waals surface area contributed by atoms with Crippen molar-refractivity contribution in [2.45, 2.75) is 13.0 Å². The Morgan fingerprint density at radius 2 is 1.76 bits per heavy atom. The standard InChI is InChI=1S/C27H25N3O3/c1-33-27(32)20-10-13-22-23(16-20)29-26(31)24(22)25(19-6-3-2-4-7-19)28-21-11-8-18(9-12-21)17-30-14-5-15-30/h2-4,6-13,16,28H,5,14-15,17H2,1H3,(H,29,31)/b25-24-. The Balaban J connectivity index is 1.52. The number of fused-ring (bicyclic) bond motifs is 1. The zero-order valence-electron chi connectivity index (χ0n) is 18.4. The van der Waals surface area contributed by atoms with Crippen LogP contribution in [0.15, 0.2) is 72.8 Å². The Bertz CT molecular complexity index is 1230. The minimum absolute atomic E-state index is 0.215. The molecule has 5 rings (SSSR count). The summed E-state index contributed by atoms with van der Waals surface area (Å²) in [7, 11) is 1.34. The van der Waals surface area contributed by atoms with Gasteiger partial charge in [0.05, 0.1) is 29.6 Å². The molecule has 3 aromatic rings. The van der Waals surface area contributed by atoms with Crippen molar-refractivity contribution in [2.75, 3.05) is 30.8 Å². The van der Waals surface area contributed by atoms with Crippen LogP contribution in [0.2, 0.25) is 0 Å². The molecule has 0 spiro atoms. The van der Waals surface area contributed by atoms with Crippen LogP contribution in [-0.2, 0) is 16.1 Å². The van der Waals surface area contributed by atoms with Crippen LogP contribution in [0.4, 0.5) is 11.4 Å². The maximum absolute atomic E-state index is 13.1. The first kappa shape index (κ1) is 21.0. The van der Waals surface area contributed by atoms with E-state index in [1.165, 1.54) is 19.1 Å². The van der Waals surface area contributed by atoms with Crippen molar-refractivity contribution < 1.29 is 14.3 Å². The number of carbonyl (C=O) groups is 2. The van der Waals surface area contributed by atoms with Gasteiger partial charge in [-0.05, 0) is 54.9 Å². The molecule has 1 saturated heterocycles. The van der Waals surface area contributed by atoms with E-state index in [1.807, 2.05) is 42.5 Å². The van der Waals surface area contributed by atoms with Gasteiger partial charge in [-0.2, -0.15) is 0 Å². The molecule has 6 heteroatoms. The predicted octanol–water partition coefficient (Wildman–Crippen LogP) is 4.61. The zero-order valence-corrected chi connectivity index (χ0v) is 18.4. The fraction of sp³-hybridized carbons (Fsp3) is 0.185. The molecule has 2 aliphatic heterocycles. The molecule has 3 aromatic carbocycles. The Morgan fingerprint density at radius 1 is 1.00 bits per heavy atom. The Morgan fingerprint density at radius 3 is 2.42 bits per heavy atom. The normalized spacial score (nSPS) is 16.5. The summed E-state index contributed by atoms with van der Waals surface area (Å²) in [5.41, 5.74) is 6.06. The lowest BCUT2D eigenvalue weighted by Gasteiger charge is -2.30. The van der Waals surface area contributed by atoms with Gasteiger partial charge in [0.1, 0.15) is 0 Å². The summed E-state index contributed by atoms with van der Waals surface area (Å²) >= 11 is 0. The summed E-state index contributed by atoms with van der Waals surface area (Å²) in [5, 5.41) is 6.38. The monoisotopic (exact) mass is 439 g/mol. The number of ether oxygens (including phenoxy) is 1. The Hall–Kier alpha value is -3.90. The number of carbonyl (C=O) groups excluding carboxylic acids is 2. The van der Waals surface area contributed by atoms with Crippen molar-refractivity contribution in [1.29, 1.82) is 0 Å². The van der Waals surface area contributed by atoms with Crippen LogP contribution >= 0.6 is 0 Å². The lowest BCUT2D eigenvalue weighted by atomic mass is 9.99. The summed E-state index contributed by atoms with van der Waals surface area (Å²) in [6.07, 6.45) is 1.28. The number of methoxy groups -OCH3 is 1. The van der Waals surface area contributed by atoms with Gasteiger partial charge in [0.25, 0.3) is 5.91 Å². The molecule has 2 heterocycles. The molecule has 0 atom stereocenters. The minimum atomic E-state index is -0.441. The Labute approximate surface area is 192 Å². The molecule has 2 aliphatic rings. The van der Waals surface area contributed by atoms with Gasteiger partial charge in [-0.1, -0.05) is 48.5 Å². The summed E-state index contributed by atoms with van der Waals surface area (Å²) in [6, 6.07) is 23.2. The van der Waals surface area contributed by atoms with E-state index in [9.17, 15) is 9.59 Å². The summed E-state index contributed by atoms with van der Waals surface area (Å²) < 4.78 is 4.81. The highest BCUT2D eigenvalue weighted by Crippen LogP contribution is 2.38. The smallest absolute Gasteiger partial charge is 0.337 e. The third-order valence-corrected chi connectivity index (χ3v) is 6.08. The van der Waals surface area contributed by atoms with E-state index in [4.69, 9.17) is 4.74 Å². The molecule has 2 N–H and O–H groups in total. The number of rotatable bonds is 6. The van der Waals surface area contributed by atoms with Crippen molar-refractivity contribution in [2.24, 2.45) is 0 Å². The van der Waals surface area contributed by atoms with Gasteiger partial charge >= 0.3 is 5.97 Å². The number of amides is 1. The van der Waals surface area contributed by atoms with E-state index < -0.39 is 5.97 Å². The zero-order chi connectivity index (χ0) is 22.8. The molecule has 0 radical (unpaired) electrons. The highest BCUT2D eigenvalue weighted by Gasteiger charge is 2.29. The van der Waals surface area contributed by atoms with Crippen molar-refractivity contribution in [3.63, 3.8) is 0 Å². The average Bonchev–Trinajstić information content (AvgIpc) is 3.15. The third kappa shape index (κ3) is 4.25. The molecule has 6 nitrogen and oxygen atoms in total. The number of esters is 1. The molecule has 0 saturated carbocycles. The second kappa shape index (κ2) is 8.92. The number of nitrogens with zero attached hydrogens (tertiary/aromatic N) is 1. The lowest BCUT2D eigenvalue weighted by molar-refractivity contribution is -0.110. The third-order valence-electron chi connectivity index (χ3n) is 6.08. The molecule has 0 aliphatic carbocycles. The van der Waals surface area contributed by atoms with Crippen LogP contribution in [0.25, 0.3) is 11.3 Å². The minimum Gasteiger partial charge on any atom is -0.465 e. The molecular weight excluding hydrogens is 414 g/mol. The maximum Gasteiger partial charge on any atom is 0.337 e. The van der Waals surface area contributed by atoms with E-state index in [1.54, 1.807) is 18.2 Å². The van der Waals surface area contributed by atoms with E-state index >= 15 is 0 Å². The molecule has 0 unspecified atom stereocenters. The predicted molar refractivity (Wildman–Crippen MR) is 130 cm³/mol. The van der Waals surface area contributed by atoms with Crippen molar-refractivity contribution in [3.8, 4) is 0 Å². The first-order valence-electron chi connectivity index (χ1n) is 11.0.